The molecule has 3 heterocycles. The highest BCUT2D eigenvalue weighted by Gasteiger charge is 2.54. The van der Waals surface area contributed by atoms with Gasteiger partial charge in [-0.3, -0.25) is 14.5 Å². The van der Waals surface area contributed by atoms with E-state index in [9.17, 15) is 19.2 Å². The van der Waals surface area contributed by atoms with E-state index in [1.165, 1.54) is 29.1 Å². The number of amides is 2. The molecule has 2 atom stereocenters. The van der Waals surface area contributed by atoms with E-state index in [0.29, 0.717) is 11.3 Å². The number of nitrogens with zero attached hydrogens (tertiary/aromatic N) is 6. The molecule has 1 aromatic heterocycles. The number of oxime groups is 1. The quantitative estimate of drug-likeness (QED) is 0.0889. The molecular weight excluding hydrogens is 695 g/mol. The van der Waals surface area contributed by atoms with Crippen LogP contribution >= 0.6 is 23.3 Å². The van der Waals surface area contributed by atoms with Crippen molar-refractivity contribution in [2.24, 2.45) is 10.1 Å². The Hall–Kier alpha value is -5.35. The summed E-state index contributed by atoms with van der Waals surface area (Å²) >= 11 is 2.26. The number of hydrogen-bond donors (Lipinski definition) is 1. The third-order valence-corrected chi connectivity index (χ3v) is 9.08. The van der Waals surface area contributed by atoms with Gasteiger partial charge in [0.25, 0.3) is 11.8 Å². The molecule has 2 aliphatic heterocycles. The molecule has 2 aliphatic rings. The summed E-state index contributed by atoms with van der Waals surface area (Å²) in [4.78, 5) is 70.2. The van der Waals surface area contributed by atoms with Gasteiger partial charge in [-0.2, -0.15) is 9.36 Å². The zero-order valence-electron chi connectivity index (χ0n) is 28.6. The van der Waals surface area contributed by atoms with E-state index in [0.717, 1.165) is 22.7 Å². The second kappa shape index (κ2) is 16.1. The summed E-state index contributed by atoms with van der Waals surface area (Å²) in [5, 5.41) is 6.14. The van der Waals surface area contributed by atoms with Gasteiger partial charge in [-0.25, -0.2) is 14.6 Å². The van der Waals surface area contributed by atoms with Gasteiger partial charge in [-0.1, -0.05) is 78.5 Å². The maximum Gasteiger partial charge on any atom is 0.356 e. The summed E-state index contributed by atoms with van der Waals surface area (Å²) in [6.45, 7) is 8.37. The highest BCUT2D eigenvalue weighted by molar-refractivity contribution is 8.00. The highest BCUT2D eigenvalue weighted by atomic mass is 32.2. The lowest BCUT2D eigenvalue weighted by atomic mass is 10.0. The average Bonchev–Trinajstić information content (AvgIpc) is 3.58. The molecular formula is C35H37N7O7S2. The van der Waals surface area contributed by atoms with E-state index in [1.54, 1.807) is 39.8 Å². The molecule has 16 heteroatoms. The lowest BCUT2D eigenvalue weighted by molar-refractivity contribution is -0.160. The number of thioether (sulfide) groups is 1. The second-order valence-electron chi connectivity index (χ2n) is 12.5. The van der Waals surface area contributed by atoms with Crippen molar-refractivity contribution in [2.45, 2.75) is 43.9 Å². The molecule has 3 aromatic rings. The van der Waals surface area contributed by atoms with Crippen LogP contribution in [0.5, 0.6) is 0 Å². The van der Waals surface area contributed by atoms with Crippen LogP contribution in [0.15, 0.2) is 94.7 Å². The van der Waals surface area contributed by atoms with Gasteiger partial charge in [-0.05, 0) is 37.5 Å². The van der Waals surface area contributed by atoms with Crippen molar-refractivity contribution in [3.05, 3.63) is 102 Å². The molecule has 51 heavy (non-hydrogen) atoms. The van der Waals surface area contributed by atoms with Crippen LogP contribution in [0.1, 0.15) is 43.8 Å². The molecule has 0 spiro atoms. The first kappa shape index (κ1) is 36.9. The van der Waals surface area contributed by atoms with Crippen molar-refractivity contribution in [3.8, 4) is 0 Å². The predicted molar refractivity (Wildman–Crippen MR) is 193 cm³/mol. The number of benzene rings is 2. The third kappa shape index (κ3) is 9.07. The first-order valence-electron chi connectivity index (χ1n) is 15.7. The topological polar surface area (TPSA) is 165 Å². The Bertz CT molecular complexity index is 1830. The number of ether oxygens (including phenoxy) is 2. The second-order valence-corrected chi connectivity index (χ2v) is 14.3. The van der Waals surface area contributed by atoms with Gasteiger partial charge in [0.1, 0.15) is 22.7 Å². The number of β-lactam (4-membered cyclic amide) rings is 1. The number of nitrogens with one attached hydrogen (secondary N) is 1. The Morgan fingerprint density at radius 2 is 1.75 bits per heavy atom. The smallest absolute Gasteiger partial charge is 0.356 e. The number of carbonyl (C=O) groups is 4. The minimum absolute atomic E-state index is 0.0558. The molecule has 2 amide bonds. The Balaban J connectivity index is 1.35. The summed E-state index contributed by atoms with van der Waals surface area (Å²) in [5.74, 6) is -2.59. The Labute approximate surface area is 303 Å². The van der Waals surface area contributed by atoms with Crippen molar-refractivity contribution in [3.63, 3.8) is 0 Å². The molecule has 1 N–H and O–H groups in total. The van der Waals surface area contributed by atoms with E-state index in [4.69, 9.17) is 14.3 Å². The number of esters is 2. The normalized spacial score (nSPS) is 17.5. The number of hydrogen-bond acceptors (Lipinski definition) is 13. The molecule has 0 radical (unpaired) electrons. The Kier molecular flexibility index (Phi) is 11.7. The van der Waals surface area contributed by atoms with Gasteiger partial charge in [-0.15, -0.1) is 11.8 Å². The van der Waals surface area contributed by atoms with Gasteiger partial charge in [0.15, 0.2) is 6.10 Å². The Morgan fingerprint density at radius 3 is 2.33 bits per heavy atom. The largest absolute Gasteiger partial charge is 0.457 e. The van der Waals surface area contributed by atoms with Crippen LogP contribution in [-0.2, 0) is 33.5 Å². The van der Waals surface area contributed by atoms with Crippen LogP contribution in [0.2, 0.25) is 0 Å². The first-order valence-corrected chi connectivity index (χ1v) is 17.6. The Morgan fingerprint density at radius 1 is 1.10 bits per heavy atom. The monoisotopic (exact) mass is 731 g/mol. The molecule has 1 fully saturated rings. The zero-order chi connectivity index (χ0) is 36.7. The molecule has 266 valence electrons. The maximum absolute atomic E-state index is 13.9. The number of fused-ring (bicyclic) bond motifs is 1. The lowest BCUT2D eigenvalue weighted by Crippen LogP contribution is -2.71. The number of carbonyl (C=O) groups excluding carboxylic acids is 4. The fourth-order valence-electron chi connectivity index (χ4n) is 4.98. The molecule has 1 saturated heterocycles. The molecule has 2 aromatic carbocycles. The van der Waals surface area contributed by atoms with Crippen molar-refractivity contribution in [2.75, 3.05) is 26.5 Å². The minimum atomic E-state index is -1.04. The van der Waals surface area contributed by atoms with Crippen molar-refractivity contribution in [1.29, 1.82) is 0 Å². The van der Waals surface area contributed by atoms with Gasteiger partial charge in [0.05, 0.1) is 6.34 Å². The number of aliphatic imine (C=N–C) groups is 1. The van der Waals surface area contributed by atoms with Crippen molar-refractivity contribution in [1.82, 2.24) is 24.5 Å². The number of allylic oxidation sites excluding steroid dienone is 1. The van der Waals surface area contributed by atoms with Crippen LogP contribution < -0.4 is 5.32 Å². The summed E-state index contributed by atoms with van der Waals surface area (Å²) < 4.78 is 15.5. The molecule has 5 rings (SSSR count). The minimum Gasteiger partial charge on any atom is -0.457 e. The van der Waals surface area contributed by atoms with Crippen molar-refractivity contribution >= 4 is 64.2 Å². The van der Waals surface area contributed by atoms with Crippen LogP contribution in [0.3, 0.4) is 0 Å². The van der Waals surface area contributed by atoms with Gasteiger partial charge >= 0.3 is 11.9 Å². The molecule has 0 aliphatic carbocycles. The lowest BCUT2D eigenvalue weighted by Gasteiger charge is -2.49. The molecule has 14 nitrogen and oxygen atoms in total. The van der Waals surface area contributed by atoms with Gasteiger partial charge < -0.3 is 24.5 Å². The van der Waals surface area contributed by atoms with E-state index < -0.39 is 53.5 Å². The first-order chi connectivity index (χ1) is 24.4. The van der Waals surface area contributed by atoms with E-state index in [1.807, 2.05) is 60.7 Å². The fraction of sp³-hybridized carbons (Fsp3) is 0.314. The van der Waals surface area contributed by atoms with Crippen LogP contribution in [0.4, 0.5) is 5.13 Å². The SMILES string of the molecule is C=CC1=C(C(=O)OC(c2ccccc2)c2ccccc2)N2C(=O)C(NC(=O)C(=NOCC(=O)OC(C)(C)C)c3nsc(N=CN(C)C)n3)[C@@H]2SC1. The summed E-state index contributed by atoms with van der Waals surface area (Å²) in [6, 6.07) is 17.5. The van der Waals surface area contributed by atoms with Crippen LogP contribution in [0.25, 0.3) is 0 Å². The molecule has 1 unspecified atom stereocenters. The van der Waals surface area contributed by atoms with Crippen LogP contribution in [-0.4, -0.2) is 98.4 Å². The fourth-order valence-corrected chi connectivity index (χ4v) is 6.84. The average molecular weight is 732 g/mol. The number of rotatable bonds is 13. The van der Waals surface area contributed by atoms with Gasteiger partial charge in [0, 0.05) is 31.4 Å². The highest BCUT2D eigenvalue weighted by Crippen LogP contribution is 2.42. The number of aromatic nitrogens is 2. The molecule has 0 bridgehead atoms. The predicted octanol–water partition coefficient (Wildman–Crippen LogP) is 3.99. The van der Waals surface area contributed by atoms with E-state index in [-0.39, 0.29) is 22.4 Å². The zero-order valence-corrected chi connectivity index (χ0v) is 30.3. The van der Waals surface area contributed by atoms with Crippen LogP contribution in [0, 0.1) is 0 Å². The molecule has 0 saturated carbocycles. The summed E-state index contributed by atoms with van der Waals surface area (Å²) in [5.41, 5.74) is 0.945. The summed E-state index contributed by atoms with van der Waals surface area (Å²) in [6.07, 6.45) is 2.30. The van der Waals surface area contributed by atoms with Gasteiger partial charge in [0.2, 0.25) is 23.3 Å². The van der Waals surface area contributed by atoms with E-state index in [2.05, 4.69) is 31.4 Å². The standard InChI is InChI=1S/C35H37N7O7S2/c1-7-21-19-50-32-26(31(45)42(32)27(21)33(46)48-28(22-14-10-8-11-15-22)23-16-12-9-13-17-23)37-30(44)25(39-47-18-24(43)49-35(2,3)4)29-38-34(51-40-29)36-20-41(5)6/h7-17,20,26,28,32H,1,18-19H2,2-6H3,(H,37,44)/t26?,32-/m0/s1. The van der Waals surface area contributed by atoms with Crippen molar-refractivity contribution < 1.29 is 33.5 Å². The summed E-state index contributed by atoms with van der Waals surface area (Å²) in [7, 11) is 3.56. The third-order valence-electron chi connectivity index (χ3n) is 7.15. The van der Waals surface area contributed by atoms with E-state index >= 15 is 0 Å². The maximum atomic E-state index is 13.9.